The zero-order valence-corrected chi connectivity index (χ0v) is 18.6. The van der Waals surface area contributed by atoms with Crippen LogP contribution < -0.4 is 15.0 Å². The minimum absolute atomic E-state index is 0.159. The molecule has 1 aromatic carbocycles. The average molecular weight is 440 g/mol. The van der Waals surface area contributed by atoms with Crippen LogP contribution in [-0.4, -0.2) is 55.3 Å². The molecule has 0 saturated carbocycles. The Labute approximate surface area is 187 Å². The lowest BCUT2D eigenvalue weighted by atomic mass is 9.97. The van der Waals surface area contributed by atoms with Gasteiger partial charge in [0.15, 0.2) is 11.5 Å². The van der Waals surface area contributed by atoms with Gasteiger partial charge in [-0.2, -0.15) is 0 Å². The molecule has 1 amide bonds. The van der Waals surface area contributed by atoms with E-state index in [0.29, 0.717) is 43.1 Å². The van der Waals surface area contributed by atoms with Gasteiger partial charge in [0, 0.05) is 30.9 Å². The van der Waals surface area contributed by atoms with Gasteiger partial charge in [0.2, 0.25) is 0 Å². The second kappa shape index (κ2) is 10.7. The number of esters is 1. The number of piperidine rings is 1. The highest BCUT2D eigenvalue weighted by atomic mass is 16.5. The number of likely N-dealkylation sites (tertiary alicyclic amines) is 1. The maximum atomic E-state index is 13.6. The summed E-state index contributed by atoms with van der Waals surface area (Å²) in [5.41, 5.74) is 0.407. The van der Waals surface area contributed by atoms with Crippen molar-refractivity contribution in [3.05, 3.63) is 58.5 Å². The predicted octanol–water partition coefficient (Wildman–Crippen LogP) is 2.67. The van der Waals surface area contributed by atoms with E-state index >= 15 is 0 Å². The molecule has 8 nitrogen and oxygen atoms in total. The Morgan fingerprint density at radius 2 is 1.94 bits per heavy atom. The molecule has 1 aliphatic rings. The molecule has 0 spiro atoms. The minimum atomic E-state index is -0.382. The number of ether oxygens (including phenoxy) is 3. The van der Waals surface area contributed by atoms with E-state index in [1.54, 1.807) is 54.4 Å². The fourth-order valence-electron chi connectivity index (χ4n) is 3.81. The Balaban J connectivity index is 2.04. The Kier molecular flexibility index (Phi) is 7.70. The van der Waals surface area contributed by atoms with Crippen LogP contribution in [0, 0.1) is 5.92 Å². The first kappa shape index (κ1) is 23.1. The van der Waals surface area contributed by atoms with Gasteiger partial charge in [0.1, 0.15) is 5.70 Å². The zero-order valence-electron chi connectivity index (χ0n) is 18.6. The SMILES string of the molecule is CCOC(=O)C1CCCN(C(=O)/C(=C\c2cccc(OC)c2OC)n2ccccc2=O)C1. The first-order chi connectivity index (χ1) is 15.5. The maximum Gasteiger partial charge on any atom is 0.310 e. The van der Waals surface area contributed by atoms with Gasteiger partial charge in [-0.1, -0.05) is 18.2 Å². The van der Waals surface area contributed by atoms with Crippen LogP contribution in [0.2, 0.25) is 0 Å². The molecule has 1 saturated heterocycles. The Bertz CT molecular complexity index is 1060. The number of para-hydroxylation sites is 1. The molecule has 2 heterocycles. The molecule has 3 rings (SSSR count). The molecule has 1 aliphatic heterocycles. The zero-order chi connectivity index (χ0) is 23.1. The summed E-state index contributed by atoms with van der Waals surface area (Å²) in [5.74, 6) is -0.0760. The van der Waals surface area contributed by atoms with Gasteiger partial charge in [-0.25, -0.2) is 0 Å². The molecule has 170 valence electrons. The smallest absolute Gasteiger partial charge is 0.310 e. The number of carbonyl (C=O) groups is 2. The van der Waals surface area contributed by atoms with Crippen LogP contribution in [0.1, 0.15) is 25.3 Å². The summed E-state index contributed by atoms with van der Waals surface area (Å²) in [6, 6.07) is 10.00. The molecular formula is C24H28N2O6. The second-order valence-corrected chi connectivity index (χ2v) is 7.36. The van der Waals surface area contributed by atoms with E-state index in [4.69, 9.17) is 14.2 Å². The van der Waals surface area contributed by atoms with Gasteiger partial charge < -0.3 is 19.1 Å². The van der Waals surface area contributed by atoms with Crippen LogP contribution in [0.5, 0.6) is 11.5 Å². The van der Waals surface area contributed by atoms with Crippen LogP contribution in [0.15, 0.2) is 47.4 Å². The number of hydrogen-bond donors (Lipinski definition) is 0. The summed E-state index contributed by atoms with van der Waals surface area (Å²) in [4.78, 5) is 40.0. The number of hydrogen-bond acceptors (Lipinski definition) is 6. The van der Waals surface area contributed by atoms with Crippen molar-refractivity contribution < 1.29 is 23.8 Å². The van der Waals surface area contributed by atoms with E-state index in [0.717, 1.165) is 0 Å². The van der Waals surface area contributed by atoms with E-state index in [1.807, 2.05) is 0 Å². The van der Waals surface area contributed by atoms with Crippen molar-refractivity contribution in [2.24, 2.45) is 5.92 Å². The molecule has 1 unspecified atom stereocenters. The summed E-state index contributed by atoms with van der Waals surface area (Å²) in [6.07, 6.45) is 4.50. The van der Waals surface area contributed by atoms with E-state index in [2.05, 4.69) is 0 Å². The van der Waals surface area contributed by atoms with Gasteiger partial charge in [-0.15, -0.1) is 0 Å². The highest BCUT2D eigenvalue weighted by Crippen LogP contribution is 2.33. The number of nitrogens with zero attached hydrogens (tertiary/aromatic N) is 2. The normalized spacial score (nSPS) is 16.4. The lowest BCUT2D eigenvalue weighted by Gasteiger charge is -2.32. The minimum Gasteiger partial charge on any atom is -0.493 e. The van der Waals surface area contributed by atoms with E-state index in [-0.39, 0.29) is 35.6 Å². The van der Waals surface area contributed by atoms with E-state index < -0.39 is 0 Å². The van der Waals surface area contributed by atoms with Crippen LogP contribution in [0.3, 0.4) is 0 Å². The van der Waals surface area contributed by atoms with E-state index in [1.165, 1.54) is 24.9 Å². The quantitative estimate of drug-likeness (QED) is 0.486. The highest BCUT2D eigenvalue weighted by Gasteiger charge is 2.31. The summed E-state index contributed by atoms with van der Waals surface area (Å²) >= 11 is 0. The number of rotatable bonds is 7. The van der Waals surface area contributed by atoms with Gasteiger partial charge in [-0.05, 0) is 38.0 Å². The fraction of sp³-hybridized carbons (Fsp3) is 0.375. The van der Waals surface area contributed by atoms with Gasteiger partial charge in [0.05, 0.1) is 26.7 Å². The first-order valence-electron chi connectivity index (χ1n) is 10.6. The predicted molar refractivity (Wildman–Crippen MR) is 120 cm³/mol. The average Bonchev–Trinajstić information content (AvgIpc) is 2.82. The Morgan fingerprint density at radius 1 is 1.12 bits per heavy atom. The van der Waals surface area contributed by atoms with Gasteiger partial charge in [-0.3, -0.25) is 19.0 Å². The van der Waals surface area contributed by atoms with Crippen molar-refractivity contribution in [2.45, 2.75) is 19.8 Å². The van der Waals surface area contributed by atoms with Crippen molar-refractivity contribution in [3.8, 4) is 11.5 Å². The Morgan fingerprint density at radius 3 is 2.62 bits per heavy atom. The third kappa shape index (κ3) is 5.01. The van der Waals surface area contributed by atoms with Gasteiger partial charge >= 0.3 is 5.97 Å². The summed E-state index contributed by atoms with van der Waals surface area (Å²) in [7, 11) is 3.04. The van der Waals surface area contributed by atoms with Crippen LogP contribution in [0.25, 0.3) is 11.8 Å². The number of aromatic nitrogens is 1. The molecule has 1 fully saturated rings. The summed E-state index contributed by atoms with van der Waals surface area (Å²) in [6.45, 7) is 2.78. The molecular weight excluding hydrogens is 412 g/mol. The van der Waals surface area contributed by atoms with Crippen molar-refractivity contribution in [1.82, 2.24) is 9.47 Å². The monoisotopic (exact) mass is 440 g/mol. The number of pyridine rings is 1. The van der Waals surface area contributed by atoms with Crippen LogP contribution in [0.4, 0.5) is 0 Å². The molecule has 0 N–H and O–H groups in total. The summed E-state index contributed by atoms with van der Waals surface area (Å²) < 4.78 is 17.3. The lowest BCUT2D eigenvalue weighted by Crippen LogP contribution is -2.44. The molecule has 1 aromatic heterocycles. The molecule has 1 atom stereocenters. The lowest BCUT2D eigenvalue weighted by molar-refractivity contribution is -0.150. The standard InChI is InChI=1S/C24H28N2O6/c1-4-32-24(29)18-10-8-13-25(16-18)23(28)19(26-14-6-5-12-21(26)27)15-17-9-7-11-20(30-2)22(17)31-3/h5-7,9,11-12,14-15,18H,4,8,10,13,16H2,1-3H3/b19-15+. The molecule has 0 bridgehead atoms. The third-order valence-corrected chi connectivity index (χ3v) is 5.36. The Hall–Kier alpha value is -3.55. The number of carbonyl (C=O) groups excluding carboxylic acids is 2. The molecule has 0 radical (unpaired) electrons. The number of methoxy groups -OCH3 is 2. The van der Waals surface area contributed by atoms with Crippen molar-refractivity contribution in [1.29, 1.82) is 0 Å². The largest absolute Gasteiger partial charge is 0.493 e. The molecule has 2 aromatic rings. The summed E-state index contributed by atoms with van der Waals surface area (Å²) in [5, 5.41) is 0. The second-order valence-electron chi connectivity index (χ2n) is 7.36. The third-order valence-electron chi connectivity index (χ3n) is 5.36. The number of benzene rings is 1. The van der Waals surface area contributed by atoms with Crippen LogP contribution >= 0.6 is 0 Å². The highest BCUT2D eigenvalue weighted by molar-refractivity contribution is 6.18. The topological polar surface area (TPSA) is 87.1 Å². The van der Waals surface area contributed by atoms with Gasteiger partial charge in [0.25, 0.3) is 11.5 Å². The van der Waals surface area contributed by atoms with Crippen molar-refractivity contribution in [2.75, 3.05) is 33.9 Å². The first-order valence-corrected chi connectivity index (χ1v) is 10.6. The van der Waals surface area contributed by atoms with Crippen LogP contribution in [-0.2, 0) is 14.3 Å². The van der Waals surface area contributed by atoms with E-state index in [9.17, 15) is 14.4 Å². The molecule has 32 heavy (non-hydrogen) atoms. The maximum absolute atomic E-state index is 13.6. The fourth-order valence-corrected chi connectivity index (χ4v) is 3.81. The molecule has 0 aliphatic carbocycles. The molecule has 8 heteroatoms. The number of amides is 1. The van der Waals surface area contributed by atoms with Crippen molar-refractivity contribution in [3.63, 3.8) is 0 Å². The van der Waals surface area contributed by atoms with Crippen molar-refractivity contribution >= 4 is 23.6 Å².